The van der Waals surface area contributed by atoms with E-state index in [1.54, 1.807) is 18.2 Å². The smallest absolute Gasteiger partial charge is 0.251 e. The van der Waals surface area contributed by atoms with Crippen LogP contribution in [0.1, 0.15) is 36.7 Å². The van der Waals surface area contributed by atoms with Gasteiger partial charge in [-0.2, -0.15) is 0 Å². The van der Waals surface area contributed by atoms with Gasteiger partial charge in [-0.25, -0.2) is 0 Å². The van der Waals surface area contributed by atoms with Crippen molar-refractivity contribution in [3.63, 3.8) is 0 Å². The van der Waals surface area contributed by atoms with Crippen molar-refractivity contribution in [3.8, 4) is 0 Å². The topological polar surface area (TPSA) is 46.2 Å². The average Bonchev–Trinajstić information content (AvgIpc) is 2.22. The van der Waals surface area contributed by atoms with E-state index in [9.17, 15) is 9.59 Å². The molecule has 0 aliphatic rings. The van der Waals surface area contributed by atoms with E-state index >= 15 is 0 Å². The largest absolute Gasteiger partial charge is 0.345 e. The molecule has 0 saturated heterocycles. The predicted molar refractivity (Wildman–Crippen MR) is 73.0 cm³/mol. The Morgan fingerprint density at radius 1 is 1.22 bits per heavy atom. The minimum absolute atomic E-state index is 0.00500. The number of benzene rings is 1. The summed E-state index contributed by atoms with van der Waals surface area (Å²) in [6.07, 6.45) is 0. The lowest BCUT2D eigenvalue weighted by atomic mass is 9.91. The molecule has 0 aromatic heterocycles. The second-order valence-electron chi connectivity index (χ2n) is 5.37. The molecule has 98 valence electrons. The van der Waals surface area contributed by atoms with Crippen LogP contribution in [0.15, 0.2) is 18.2 Å². The number of halogens is 1. The van der Waals surface area contributed by atoms with Gasteiger partial charge in [0, 0.05) is 16.0 Å². The number of nitrogens with one attached hydrogen (secondary N) is 1. The summed E-state index contributed by atoms with van der Waals surface area (Å²) in [6.45, 7) is 7.37. The first kappa shape index (κ1) is 14.7. The van der Waals surface area contributed by atoms with E-state index in [0.29, 0.717) is 10.6 Å². The second kappa shape index (κ2) is 5.53. The Hall–Kier alpha value is -1.35. The van der Waals surface area contributed by atoms with Crippen molar-refractivity contribution < 1.29 is 9.59 Å². The molecule has 3 nitrogen and oxygen atoms in total. The van der Waals surface area contributed by atoms with Crippen LogP contribution in [0.4, 0.5) is 0 Å². The number of aryl methyl sites for hydroxylation is 1. The van der Waals surface area contributed by atoms with Gasteiger partial charge in [0.2, 0.25) is 0 Å². The van der Waals surface area contributed by atoms with E-state index in [4.69, 9.17) is 11.6 Å². The van der Waals surface area contributed by atoms with E-state index in [2.05, 4.69) is 5.32 Å². The van der Waals surface area contributed by atoms with Crippen LogP contribution in [0.2, 0.25) is 5.02 Å². The van der Waals surface area contributed by atoms with Gasteiger partial charge >= 0.3 is 0 Å². The maximum atomic E-state index is 11.9. The van der Waals surface area contributed by atoms with Crippen LogP contribution in [-0.2, 0) is 4.79 Å². The van der Waals surface area contributed by atoms with Crippen LogP contribution >= 0.6 is 11.6 Å². The third kappa shape index (κ3) is 4.15. The van der Waals surface area contributed by atoms with Crippen molar-refractivity contribution >= 4 is 23.3 Å². The van der Waals surface area contributed by atoms with E-state index in [1.165, 1.54) is 0 Å². The zero-order chi connectivity index (χ0) is 13.9. The highest BCUT2D eigenvalue weighted by Crippen LogP contribution is 2.15. The molecule has 0 aliphatic carbocycles. The molecule has 0 radical (unpaired) electrons. The number of amides is 1. The molecule has 0 heterocycles. The minimum Gasteiger partial charge on any atom is -0.345 e. The first-order valence-electron chi connectivity index (χ1n) is 5.79. The second-order valence-corrected chi connectivity index (χ2v) is 5.81. The van der Waals surface area contributed by atoms with Crippen LogP contribution in [0.5, 0.6) is 0 Å². The van der Waals surface area contributed by atoms with Gasteiger partial charge in [0.15, 0.2) is 5.78 Å². The molecule has 1 aromatic carbocycles. The van der Waals surface area contributed by atoms with E-state index in [1.807, 2.05) is 27.7 Å². The van der Waals surface area contributed by atoms with Crippen LogP contribution in [0.25, 0.3) is 0 Å². The number of hydrogen-bond acceptors (Lipinski definition) is 2. The molecule has 1 amide bonds. The van der Waals surface area contributed by atoms with Gasteiger partial charge < -0.3 is 5.32 Å². The van der Waals surface area contributed by atoms with Gasteiger partial charge in [-0.15, -0.1) is 0 Å². The molecular weight excluding hydrogens is 250 g/mol. The highest BCUT2D eigenvalue weighted by Gasteiger charge is 2.21. The Bertz CT molecular complexity index is 455. The predicted octanol–water partition coefficient (Wildman–Crippen LogP) is 2.99. The number of Topliss-reactive ketones (excluding diaryl/α,β-unsaturated/α-hetero) is 1. The first-order chi connectivity index (χ1) is 8.20. The zero-order valence-electron chi connectivity index (χ0n) is 11.1. The van der Waals surface area contributed by atoms with Crippen LogP contribution in [-0.4, -0.2) is 18.2 Å². The summed E-state index contributed by atoms with van der Waals surface area (Å²) in [5, 5.41) is 3.13. The lowest BCUT2D eigenvalue weighted by Crippen LogP contribution is -2.35. The molecule has 1 aromatic rings. The van der Waals surface area contributed by atoms with Gasteiger partial charge in [-0.3, -0.25) is 9.59 Å². The minimum atomic E-state index is -0.447. The number of carbonyl (C=O) groups excluding carboxylic acids is 2. The van der Waals surface area contributed by atoms with Crippen molar-refractivity contribution in [2.75, 3.05) is 6.54 Å². The van der Waals surface area contributed by atoms with Crippen LogP contribution in [0, 0.1) is 12.3 Å². The lowest BCUT2D eigenvalue weighted by molar-refractivity contribution is -0.125. The van der Waals surface area contributed by atoms with Gasteiger partial charge in [0.1, 0.15) is 0 Å². The number of hydrogen-bond donors (Lipinski definition) is 1. The molecule has 0 aliphatic heterocycles. The Kier molecular flexibility index (Phi) is 4.52. The fourth-order valence-electron chi connectivity index (χ4n) is 1.40. The summed E-state index contributed by atoms with van der Waals surface area (Å²) in [6, 6.07) is 5.10. The molecule has 0 bridgehead atoms. The molecule has 18 heavy (non-hydrogen) atoms. The summed E-state index contributed by atoms with van der Waals surface area (Å²) in [4.78, 5) is 23.6. The SMILES string of the molecule is Cc1cc(Cl)cc(C(=O)NCC(=O)C(C)(C)C)c1. The molecule has 1 rings (SSSR count). The van der Waals surface area contributed by atoms with Crippen molar-refractivity contribution in [1.29, 1.82) is 0 Å². The quantitative estimate of drug-likeness (QED) is 0.915. The normalized spacial score (nSPS) is 11.2. The zero-order valence-corrected chi connectivity index (χ0v) is 11.9. The third-order valence-electron chi connectivity index (χ3n) is 2.55. The van der Waals surface area contributed by atoms with E-state index in [0.717, 1.165) is 5.56 Å². The van der Waals surface area contributed by atoms with Gasteiger partial charge in [-0.1, -0.05) is 32.4 Å². The summed E-state index contributed by atoms with van der Waals surface area (Å²) >= 11 is 5.88. The maximum absolute atomic E-state index is 11.9. The summed E-state index contributed by atoms with van der Waals surface area (Å²) in [7, 11) is 0. The first-order valence-corrected chi connectivity index (χ1v) is 6.16. The molecule has 1 N–H and O–H groups in total. The maximum Gasteiger partial charge on any atom is 0.251 e. The molecular formula is C14H18ClNO2. The standard InChI is InChI=1S/C14H18ClNO2/c1-9-5-10(7-11(15)6-9)13(18)16-8-12(17)14(2,3)4/h5-7H,8H2,1-4H3,(H,16,18). The monoisotopic (exact) mass is 267 g/mol. The van der Waals surface area contributed by atoms with E-state index in [-0.39, 0.29) is 18.2 Å². The molecule has 0 spiro atoms. The molecule has 4 heteroatoms. The van der Waals surface area contributed by atoms with Gasteiger partial charge in [0.25, 0.3) is 5.91 Å². The molecule has 0 unspecified atom stereocenters. The third-order valence-corrected chi connectivity index (χ3v) is 2.77. The lowest BCUT2D eigenvalue weighted by Gasteiger charge is -2.16. The highest BCUT2D eigenvalue weighted by molar-refractivity contribution is 6.31. The van der Waals surface area contributed by atoms with Crippen molar-refractivity contribution in [2.24, 2.45) is 5.41 Å². The Morgan fingerprint density at radius 2 is 1.83 bits per heavy atom. The van der Waals surface area contributed by atoms with E-state index < -0.39 is 5.41 Å². The molecule has 0 fully saturated rings. The van der Waals surface area contributed by atoms with Crippen LogP contribution in [0.3, 0.4) is 0 Å². The van der Waals surface area contributed by atoms with Crippen molar-refractivity contribution in [2.45, 2.75) is 27.7 Å². The van der Waals surface area contributed by atoms with Crippen molar-refractivity contribution in [1.82, 2.24) is 5.32 Å². The Labute approximate surface area is 113 Å². The number of ketones is 1. The average molecular weight is 268 g/mol. The fraction of sp³-hybridized carbons (Fsp3) is 0.429. The molecule has 0 atom stereocenters. The fourth-order valence-corrected chi connectivity index (χ4v) is 1.68. The Balaban J connectivity index is 2.69. The number of carbonyl (C=O) groups is 2. The molecule has 0 saturated carbocycles. The van der Waals surface area contributed by atoms with Crippen LogP contribution < -0.4 is 5.32 Å². The highest BCUT2D eigenvalue weighted by atomic mass is 35.5. The van der Waals surface area contributed by atoms with Crippen molar-refractivity contribution in [3.05, 3.63) is 34.3 Å². The van der Waals surface area contributed by atoms with Gasteiger partial charge in [0.05, 0.1) is 6.54 Å². The summed E-state index contributed by atoms with van der Waals surface area (Å²) in [5.41, 5.74) is 0.939. The summed E-state index contributed by atoms with van der Waals surface area (Å²) < 4.78 is 0. The summed E-state index contributed by atoms with van der Waals surface area (Å²) in [5.74, 6) is -0.284. The van der Waals surface area contributed by atoms with Gasteiger partial charge in [-0.05, 0) is 30.7 Å². The Morgan fingerprint density at radius 3 is 2.33 bits per heavy atom. The number of rotatable bonds is 3.